The van der Waals surface area contributed by atoms with Crippen molar-refractivity contribution in [1.82, 2.24) is 9.55 Å². The van der Waals surface area contributed by atoms with Crippen molar-refractivity contribution in [3.63, 3.8) is 0 Å². The highest BCUT2D eigenvalue weighted by Gasteiger charge is 2.04. The largest absolute Gasteiger partial charge is 0.399 e. The van der Waals surface area contributed by atoms with Gasteiger partial charge in [-0.25, -0.2) is 4.98 Å². The monoisotopic (exact) mass is 244 g/mol. The smallest absolute Gasteiger partial charge is 0.253 e. The summed E-state index contributed by atoms with van der Waals surface area (Å²) in [7, 11) is 0. The quantitative estimate of drug-likeness (QED) is 0.768. The third kappa shape index (κ3) is 2.94. The molecule has 2 rings (SSSR count). The molecule has 18 heavy (non-hydrogen) atoms. The van der Waals surface area contributed by atoms with Crippen LogP contribution in [0, 0.1) is 0 Å². The van der Waals surface area contributed by atoms with Crippen LogP contribution in [0.25, 0.3) is 0 Å². The number of aromatic nitrogens is 2. The molecule has 3 N–H and O–H groups in total. The number of nitrogens with zero attached hydrogens (tertiary/aromatic N) is 2. The molecule has 0 aliphatic rings. The van der Waals surface area contributed by atoms with Gasteiger partial charge >= 0.3 is 0 Å². The molecule has 0 radical (unpaired) electrons. The summed E-state index contributed by atoms with van der Waals surface area (Å²) in [6, 6.07) is 8.06. The summed E-state index contributed by atoms with van der Waals surface area (Å²) in [4.78, 5) is 26.9. The molecule has 1 aromatic carbocycles. The van der Waals surface area contributed by atoms with Crippen molar-refractivity contribution >= 4 is 17.3 Å². The van der Waals surface area contributed by atoms with Crippen molar-refractivity contribution in [2.24, 2.45) is 0 Å². The molecule has 1 aromatic heterocycles. The lowest BCUT2D eigenvalue weighted by molar-refractivity contribution is -0.116. The normalized spacial score (nSPS) is 10.0. The van der Waals surface area contributed by atoms with Gasteiger partial charge in [0.1, 0.15) is 6.54 Å². The molecule has 0 saturated heterocycles. The first-order chi connectivity index (χ1) is 8.65. The summed E-state index contributed by atoms with van der Waals surface area (Å²) < 4.78 is 1.23. The Bertz CT molecular complexity index is 604. The molecular formula is C12H12N4O2. The van der Waals surface area contributed by atoms with E-state index in [2.05, 4.69) is 10.3 Å². The Labute approximate surface area is 103 Å². The van der Waals surface area contributed by atoms with Crippen LogP contribution in [-0.2, 0) is 11.3 Å². The molecule has 0 fully saturated rings. The molecule has 2 aromatic rings. The van der Waals surface area contributed by atoms with Crippen molar-refractivity contribution in [3.05, 3.63) is 53.2 Å². The second-order valence-corrected chi connectivity index (χ2v) is 3.72. The number of hydrogen-bond donors (Lipinski definition) is 2. The fourth-order valence-electron chi connectivity index (χ4n) is 1.42. The summed E-state index contributed by atoms with van der Waals surface area (Å²) >= 11 is 0. The molecule has 0 bridgehead atoms. The van der Waals surface area contributed by atoms with Gasteiger partial charge in [-0.2, -0.15) is 0 Å². The Morgan fingerprint density at radius 3 is 2.67 bits per heavy atom. The van der Waals surface area contributed by atoms with Gasteiger partial charge in [0.05, 0.1) is 6.33 Å². The van der Waals surface area contributed by atoms with Crippen LogP contribution < -0.4 is 16.6 Å². The number of nitrogens with two attached hydrogens (primary N) is 1. The van der Waals surface area contributed by atoms with E-state index in [1.54, 1.807) is 24.3 Å². The number of nitrogens with one attached hydrogen (secondary N) is 1. The van der Waals surface area contributed by atoms with Crippen LogP contribution in [0.1, 0.15) is 0 Å². The van der Waals surface area contributed by atoms with Crippen molar-refractivity contribution in [2.75, 3.05) is 11.1 Å². The number of anilines is 2. The number of hydrogen-bond acceptors (Lipinski definition) is 4. The van der Waals surface area contributed by atoms with E-state index in [1.165, 1.54) is 23.2 Å². The zero-order valence-electron chi connectivity index (χ0n) is 9.54. The molecule has 1 heterocycles. The van der Waals surface area contributed by atoms with Crippen LogP contribution >= 0.6 is 0 Å². The molecular weight excluding hydrogens is 232 g/mol. The molecule has 0 aliphatic carbocycles. The molecule has 0 aliphatic heterocycles. The van der Waals surface area contributed by atoms with Gasteiger partial charge in [0.25, 0.3) is 5.56 Å². The van der Waals surface area contributed by atoms with E-state index in [4.69, 9.17) is 5.73 Å². The van der Waals surface area contributed by atoms with Gasteiger partial charge < -0.3 is 11.1 Å². The van der Waals surface area contributed by atoms with Gasteiger partial charge in [-0.1, -0.05) is 0 Å². The molecule has 0 spiro atoms. The molecule has 6 heteroatoms. The molecule has 0 saturated carbocycles. The van der Waals surface area contributed by atoms with Crippen molar-refractivity contribution in [2.45, 2.75) is 6.54 Å². The lowest BCUT2D eigenvalue weighted by Crippen LogP contribution is -2.26. The summed E-state index contributed by atoms with van der Waals surface area (Å²) in [6.45, 7) is -0.0724. The topological polar surface area (TPSA) is 90.0 Å². The summed E-state index contributed by atoms with van der Waals surface area (Å²) in [5.41, 5.74) is 6.52. The van der Waals surface area contributed by atoms with Gasteiger partial charge in [0.2, 0.25) is 5.91 Å². The molecule has 6 nitrogen and oxygen atoms in total. The molecule has 0 atom stereocenters. The molecule has 1 amide bonds. The number of amides is 1. The summed E-state index contributed by atoms with van der Waals surface area (Å²) in [5, 5.41) is 2.66. The number of nitrogen functional groups attached to an aromatic ring is 1. The lowest BCUT2D eigenvalue weighted by atomic mass is 10.3. The minimum absolute atomic E-state index is 0.0724. The van der Waals surface area contributed by atoms with Crippen LogP contribution in [0.3, 0.4) is 0 Å². The average molecular weight is 244 g/mol. The van der Waals surface area contributed by atoms with Crippen LogP contribution in [0.4, 0.5) is 11.4 Å². The zero-order valence-corrected chi connectivity index (χ0v) is 9.54. The summed E-state index contributed by atoms with van der Waals surface area (Å²) in [5.74, 6) is -0.296. The van der Waals surface area contributed by atoms with Gasteiger partial charge in [0, 0.05) is 23.6 Å². The highest BCUT2D eigenvalue weighted by atomic mass is 16.2. The van der Waals surface area contributed by atoms with Gasteiger partial charge in [-0.3, -0.25) is 14.2 Å². The Morgan fingerprint density at radius 1 is 1.28 bits per heavy atom. The van der Waals surface area contributed by atoms with E-state index in [0.29, 0.717) is 11.4 Å². The van der Waals surface area contributed by atoms with E-state index in [9.17, 15) is 9.59 Å². The minimum atomic E-state index is -0.296. The second-order valence-electron chi connectivity index (χ2n) is 3.72. The van der Waals surface area contributed by atoms with Crippen LogP contribution in [0.2, 0.25) is 0 Å². The Hall–Kier alpha value is -2.63. The maximum Gasteiger partial charge on any atom is 0.253 e. The number of rotatable bonds is 3. The van der Waals surface area contributed by atoms with Gasteiger partial charge in [-0.15, -0.1) is 0 Å². The standard InChI is InChI=1S/C12H12N4O2/c13-9-1-3-10(4-2-9)15-11(17)7-16-8-14-6-5-12(16)18/h1-6,8H,7,13H2,(H,15,17). The van der Waals surface area contributed by atoms with Crippen molar-refractivity contribution in [1.29, 1.82) is 0 Å². The maximum atomic E-state index is 11.7. The predicted molar refractivity (Wildman–Crippen MR) is 68.0 cm³/mol. The third-order valence-electron chi connectivity index (χ3n) is 2.30. The Kier molecular flexibility index (Phi) is 3.38. The molecule has 0 unspecified atom stereocenters. The fraction of sp³-hybridized carbons (Fsp3) is 0.0833. The van der Waals surface area contributed by atoms with E-state index < -0.39 is 0 Å². The third-order valence-corrected chi connectivity index (χ3v) is 2.30. The number of carbonyl (C=O) groups is 1. The predicted octanol–water partition coefficient (Wildman–Crippen LogP) is 0.464. The number of carbonyl (C=O) groups excluding carboxylic acids is 1. The van der Waals surface area contributed by atoms with Gasteiger partial charge in [-0.05, 0) is 24.3 Å². The summed E-state index contributed by atoms with van der Waals surface area (Å²) in [6.07, 6.45) is 2.71. The molecule has 92 valence electrons. The van der Waals surface area contributed by atoms with E-state index in [-0.39, 0.29) is 18.0 Å². The first kappa shape index (κ1) is 11.8. The number of benzene rings is 1. The van der Waals surface area contributed by atoms with E-state index in [1.807, 2.05) is 0 Å². The SMILES string of the molecule is Nc1ccc(NC(=O)Cn2cnccc2=O)cc1. The van der Waals surface area contributed by atoms with E-state index in [0.717, 1.165) is 0 Å². The van der Waals surface area contributed by atoms with Crippen LogP contribution in [-0.4, -0.2) is 15.5 Å². The zero-order chi connectivity index (χ0) is 13.0. The van der Waals surface area contributed by atoms with Gasteiger partial charge in [0.15, 0.2) is 0 Å². The van der Waals surface area contributed by atoms with Crippen LogP contribution in [0.5, 0.6) is 0 Å². The van der Waals surface area contributed by atoms with E-state index >= 15 is 0 Å². The Balaban J connectivity index is 2.03. The highest BCUT2D eigenvalue weighted by Crippen LogP contribution is 2.10. The first-order valence-corrected chi connectivity index (χ1v) is 5.31. The second kappa shape index (κ2) is 5.13. The minimum Gasteiger partial charge on any atom is -0.399 e. The van der Waals surface area contributed by atoms with Crippen molar-refractivity contribution < 1.29 is 4.79 Å². The Morgan fingerprint density at radius 2 is 2.00 bits per heavy atom. The highest BCUT2D eigenvalue weighted by molar-refractivity contribution is 5.90. The first-order valence-electron chi connectivity index (χ1n) is 5.31. The maximum absolute atomic E-state index is 11.7. The van der Waals surface area contributed by atoms with Crippen molar-refractivity contribution in [3.8, 4) is 0 Å². The van der Waals surface area contributed by atoms with Crippen LogP contribution in [0.15, 0.2) is 47.7 Å². The fourth-order valence-corrected chi connectivity index (χ4v) is 1.42. The average Bonchev–Trinajstić information content (AvgIpc) is 2.35. The lowest BCUT2D eigenvalue weighted by Gasteiger charge is -2.06.